The zero-order valence-corrected chi connectivity index (χ0v) is 9.78. The molecule has 0 aliphatic carbocycles. The molecular weight excluding hydrogens is 204 g/mol. The van der Waals surface area contributed by atoms with Gasteiger partial charge in [-0.3, -0.25) is 4.89 Å². The molecule has 0 radical (unpaired) electrons. The predicted octanol–water partition coefficient (Wildman–Crippen LogP) is 3.38. The van der Waals surface area contributed by atoms with Crippen LogP contribution < -0.4 is 0 Å². The maximum Gasteiger partial charge on any atom is 0.372 e. The van der Waals surface area contributed by atoms with Crippen molar-refractivity contribution in [2.24, 2.45) is 5.41 Å². The molecule has 0 saturated carbocycles. The van der Waals surface area contributed by atoms with Gasteiger partial charge in [0.25, 0.3) is 0 Å². The summed E-state index contributed by atoms with van der Waals surface area (Å²) < 4.78 is 0. The Balaban J connectivity index is 2.96. The van der Waals surface area contributed by atoms with Crippen LogP contribution in [-0.2, 0) is 4.89 Å². The van der Waals surface area contributed by atoms with E-state index in [9.17, 15) is 4.79 Å². The lowest BCUT2D eigenvalue weighted by molar-refractivity contribution is -0.182. The van der Waals surface area contributed by atoms with Crippen LogP contribution in [0.25, 0.3) is 5.57 Å². The van der Waals surface area contributed by atoms with Crippen molar-refractivity contribution < 1.29 is 14.9 Å². The molecular formula is C13H16O3. The summed E-state index contributed by atoms with van der Waals surface area (Å²) in [4.78, 5) is 14.6. The SMILES string of the molecule is C=C(c1ccc(C(=O)OO)cc1)C(C)(C)C. The van der Waals surface area contributed by atoms with E-state index in [1.54, 1.807) is 24.3 Å². The Bertz CT molecular complexity index is 396. The number of benzene rings is 1. The molecule has 0 atom stereocenters. The third-order valence-corrected chi connectivity index (χ3v) is 2.46. The van der Waals surface area contributed by atoms with Gasteiger partial charge in [0.2, 0.25) is 0 Å². The summed E-state index contributed by atoms with van der Waals surface area (Å²) in [6.07, 6.45) is 0. The van der Waals surface area contributed by atoms with Gasteiger partial charge in [0, 0.05) is 0 Å². The van der Waals surface area contributed by atoms with Gasteiger partial charge in [0.15, 0.2) is 0 Å². The Morgan fingerprint density at radius 2 is 1.62 bits per heavy atom. The summed E-state index contributed by atoms with van der Waals surface area (Å²) in [5, 5.41) is 8.23. The van der Waals surface area contributed by atoms with Crippen molar-refractivity contribution in [3.63, 3.8) is 0 Å². The topological polar surface area (TPSA) is 46.5 Å². The second-order valence-corrected chi connectivity index (χ2v) is 4.68. The molecule has 1 rings (SSSR count). The number of hydrogen-bond donors (Lipinski definition) is 1. The molecule has 0 unspecified atom stereocenters. The summed E-state index contributed by atoms with van der Waals surface area (Å²) in [5.74, 6) is -0.757. The quantitative estimate of drug-likeness (QED) is 0.614. The second-order valence-electron chi connectivity index (χ2n) is 4.68. The van der Waals surface area contributed by atoms with Crippen molar-refractivity contribution >= 4 is 11.5 Å². The van der Waals surface area contributed by atoms with Crippen LogP contribution >= 0.6 is 0 Å². The zero-order valence-electron chi connectivity index (χ0n) is 9.78. The fourth-order valence-corrected chi connectivity index (χ4v) is 1.29. The van der Waals surface area contributed by atoms with Gasteiger partial charge in [-0.2, -0.15) is 5.26 Å². The second kappa shape index (κ2) is 4.49. The van der Waals surface area contributed by atoms with E-state index in [1.165, 1.54) is 0 Å². The highest BCUT2D eigenvalue weighted by molar-refractivity contribution is 5.89. The van der Waals surface area contributed by atoms with Gasteiger partial charge in [-0.1, -0.05) is 39.5 Å². The molecule has 0 saturated heterocycles. The van der Waals surface area contributed by atoms with Crippen molar-refractivity contribution in [1.29, 1.82) is 0 Å². The van der Waals surface area contributed by atoms with Crippen LogP contribution in [0, 0.1) is 5.41 Å². The average Bonchev–Trinajstić information content (AvgIpc) is 2.26. The molecule has 1 aromatic rings. The molecule has 0 aliphatic heterocycles. The lowest BCUT2D eigenvalue weighted by atomic mass is 9.83. The van der Waals surface area contributed by atoms with Crippen LogP contribution in [0.1, 0.15) is 36.7 Å². The summed E-state index contributed by atoms with van der Waals surface area (Å²) >= 11 is 0. The highest BCUT2D eigenvalue weighted by Gasteiger charge is 2.16. The van der Waals surface area contributed by atoms with Gasteiger partial charge < -0.3 is 0 Å². The van der Waals surface area contributed by atoms with Gasteiger partial charge in [-0.15, -0.1) is 0 Å². The summed E-state index contributed by atoms with van der Waals surface area (Å²) in [6, 6.07) is 6.79. The maximum absolute atomic E-state index is 11.0. The van der Waals surface area contributed by atoms with E-state index >= 15 is 0 Å². The summed E-state index contributed by atoms with van der Waals surface area (Å²) in [7, 11) is 0. The normalized spacial score (nSPS) is 11.0. The van der Waals surface area contributed by atoms with Crippen LogP contribution in [0.3, 0.4) is 0 Å². The third-order valence-electron chi connectivity index (χ3n) is 2.46. The predicted molar refractivity (Wildman–Crippen MR) is 63.0 cm³/mol. The molecule has 0 heterocycles. The van der Waals surface area contributed by atoms with Crippen molar-refractivity contribution in [1.82, 2.24) is 0 Å². The highest BCUT2D eigenvalue weighted by atomic mass is 17.1. The first-order chi connectivity index (χ1) is 7.36. The van der Waals surface area contributed by atoms with Crippen LogP contribution in [0.5, 0.6) is 0 Å². The van der Waals surface area contributed by atoms with E-state index in [2.05, 4.69) is 32.2 Å². The van der Waals surface area contributed by atoms with Crippen molar-refractivity contribution in [3.8, 4) is 0 Å². The van der Waals surface area contributed by atoms with Gasteiger partial charge in [0.05, 0.1) is 5.56 Å². The monoisotopic (exact) mass is 220 g/mol. The first kappa shape index (κ1) is 12.5. The smallest absolute Gasteiger partial charge is 0.296 e. The minimum Gasteiger partial charge on any atom is -0.296 e. The number of carbonyl (C=O) groups excluding carboxylic acids is 1. The van der Waals surface area contributed by atoms with Crippen LogP contribution in [0.15, 0.2) is 30.8 Å². The van der Waals surface area contributed by atoms with Crippen LogP contribution in [0.2, 0.25) is 0 Å². The molecule has 0 fully saturated rings. The Labute approximate surface area is 95.3 Å². The minimum absolute atomic E-state index is 0.0149. The Morgan fingerprint density at radius 1 is 1.19 bits per heavy atom. The van der Waals surface area contributed by atoms with E-state index in [4.69, 9.17) is 5.26 Å². The fraction of sp³-hybridized carbons (Fsp3) is 0.308. The van der Waals surface area contributed by atoms with Crippen molar-refractivity contribution in [3.05, 3.63) is 42.0 Å². The molecule has 1 N–H and O–H groups in total. The average molecular weight is 220 g/mol. The van der Waals surface area contributed by atoms with E-state index < -0.39 is 5.97 Å². The molecule has 1 aromatic carbocycles. The molecule has 86 valence electrons. The molecule has 0 bridgehead atoms. The number of carbonyl (C=O) groups is 1. The molecule has 0 aromatic heterocycles. The third kappa shape index (κ3) is 2.70. The fourth-order valence-electron chi connectivity index (χ4n) is 1.29. The number of rotatable bonds is 2. The van der Waals surface area contributed by atoms with Gasteiger partial charge in [-0.05, 0) is 28.7 Å². The number of allylic oxidation sites excluding steroid dienone is 1. The maximum atomic E-state index is 11.0. The van der Waals surface area contributed by atoms with E-state index in [0.717, 1.165) is 11.1 Å². The van der Waals surface area contributed by atoms with E-state index in [1.807, 2.05) is 0 Å². The first-order valence-electron chi connectivity index (χ1n) is 5.02. The van der Waals surface area contributed by atoms with Gasteiger partial charge in [0.1, 0.15) is 0 Å². The molecule has 0 spiro atoms. The molecule has 3 heteroatoms. The molecule has 16 heavy (non-hydrogen) atoms. The first-order valence-corrected chi connectivity index (χ1v) is 5.02. The highest BCUT2D eigenvalue weighted by Crippen LogP contribution is 2.32. The lowest BCUT2D eigenvalue weighted by Crippen LogP contribution is -2.07. The minimum atomic E-state index is -0.757. The van der Waals surface area contributed by atoms with E-state index in [0.29, 0.717) is 5.56 Å². The van der Waals surface area contributed by atoms with Crippen molar-refractivity contribution in [2.75, 3.05) is 0 Å². The Hall–Kier alpha value is -1.61. The van der Waals surface area contributed by atoms with Crippen LogP contribution in [-0.4, -0.2) is 11.2 Å². The van der Waals surface area contributed by atoms with Gasteiger partial charge >= 0.3 is 5.97 Å². The zero-order chi connectivity index (χ0) is 12.3. The largest absolute Gasteiger partial charge is 0.372 e. The molecule has 0 aliphatic rings. The lowest BCUT2D eigenvalue weighted by Gasteiger charge is -2.22. The van der Waals surface area contributed by atoms with Crippen LogP contribution in [0.4, 0.5) is 0 Å². The van der Waals surface area contributed by atoms with E-state index in [-0.39, 0.29) is 5.41 Å². The Kier molecular flexibility index (Phi) is 3.50. The van der Waals surface area contributed by atoms with Crippen molar-refractivity contribution in [2.45, 2.75) is 20.8 Å². The number of hydrogen-bond acceptors (Lipinski definition) is 3. The standard InChI is InChI=1S/C13H16O3/c1-9(13(2,3)4)10-5-7-11(8-6-10)12(14)16-15/h5-8,15H,1H2,2-4H3. The molecule has 3 nitrogen and oxygen atoms in total. The molecule has 0 amide bonds. The Morgan fingerprint density at radius 3 is 2.00 bits per heavy atom. The summed E-state index contributed by atoms with van der Waals surface area (Å²) in [6.45, 7) is 10.2. The van der Waals surface area contributed by atoms with Gasteiger partial charge in [-0.25, -0.2) is 4.79 Å². The summed E-state index contributed by atoms with van der Waals surface area (Å²) in [5.41, 5.74) is 2.27.